The van der Waals surface area contributed by atoms with Crippen molar-refractivity contribution in [2.45, 2.75) is 6.61 Å². The number of methoxy groups -OCH3 is 1. The Morgan fingerprint density at radius 1 is 0.852 bits per heavy atom. The normalized spacial score (nSPS) is 10.3. The average Bonchev–Trinajstić information content (AvgIpc) is 2.72. The fraction of sp³-hybridized carbons (Fsp3) is 0.0909. The zero-order chi connectivity index (χ0) is 19.2. The summed E-state index contributed by atoms with van der Waals surface area (Å²) in [6.45, 7) is -0.0650. The topological polar surface area (TPSA) is 52.6 Å². The molecule has 3 rings (SSSR count). The fourth-order valence-corrected chi connectivity index (χ4v) is 2.55. The number of benzene rings is 3. The lowest BCUT2D eigenvalue weighted by Crippen LogP contribution is -2.07. The molecule has 3 aromatic rings. The molecule has 0 bridgehead atoms. The lowest BCUT2D eigenvalue weighted by molar-refractivity contribution is 0.0472. The predicted molar refractivity (Wildman–Crippen MR) is 98.4 cm³/mol. The predicted octanol–water partition coefficient (Wildman–Crippen LogP) is 4.42. The van der Waals surface area contributed by atoms with Crippen molar-refractivity contribution in [1.29, 1.82) is 0 Å². The van der Waals surface area contributed by atoms with E-state index < -0.39 is 11.8 Å². The van der Waals surface area contributed by atoms with Crippen LogP contribution in [-0.2, 0) is 11.3 Å². The lowest BCUT2D eigenvalue weighted by Gasteiger charge is -2.07. The van der Waals surface area contributed by atoms with E-state index in [-0.39, 0.29) is 18.1 Å². The molecule has 3 aromatic carbocycles. The maximum atomic E-state index is 13.7. The first kappa shape index (κ1) is 18.3. The molecule has 0 saturated heterocycles. The van der Waals surface area contributed by atoms with E-state index in [0.29, 0.717) is 22.3 Å². The van der Waals surface area contributed by atoms with Crippen LogP contribution in [0.15, 0.2) is 72.8 Å². The molecule has 0 N–H and O–H groups in total. The number of ketones is 1. The van der Waals surface area contributed by atoms with Crippen LogP contribution < -0.4 is 4.74 Å². The average molecular weight is 364 g/mol. The van der Waals surface area contributed by atoms with Crippen molar-refractivity contribution < 1.29 is 23.5 Å². The van der Waals surface area contributed by atoms with Crippen LogP contribution in [0.2, 0.25) is 0 Å². The Balaban J connectivity index is 1.64. The van der Waals surface area contributed by atoms with Crippen LogP contribution in [0.4, 0.5) is 4.39 Å². The number of rotatable bonds is 6. The molecule has 0 fully saturated rings. The summed E-state index contributed by atoms with van der Waals surface area (Å²) in [6.07, 6.45) is 0. The van der Waals surface area contributed by atoms with Crippen LogP contribution in [0.3, 0.4) is 0 Å². The molecule has 27 heavy (non-hydrogen) atoms. The Kier molecular flexibility index (Phi) is 5.61. The van der Waals surface area contributed by atoms with E-state index in [1.54, 1.807) is 42.5 Å². The maximum Gasteiger partial charge on any atom is 0.338 e. The molecule has 0 spiro atoms. The third-order valence-electron chi connectivity index (χ3n) is 4.00. The van der Waals surface area contributed by atoms with E-state index in [2.05, 4.69) is 0 Å². The van der Waals surface area contributed by atoms with E-state index in [0.717, 1.165) is 0 Å². The number of hydrogen-bond donors (Lipinski definition) is 0. The molecule has 0 aromatic heterocycles. The number of carbonyl (C=O) groups excluding carboxylic acids is 2. The first-order valence-electron chi connectivity index (χ1n) is 8.28. The molecule has 0 atom stereocenters. The van der Waals surface area contributed by atoms with Gasteiger partial charge in [-0.05, 0) is 29.8 Å². The first-order valence-corrected chi connectivity index (χ1v) is 8.28. The molecule has 4 nitrogen and oxygen atoms in total. The summed E-state index contributed by atoms with van der Waals surface area (Å²) < 4.78 is 23.7. The zero-order valence-corrected chi connectivity index (χ0v) is 14.6. The summed E-state index contributed by atoms with van der Waals surface area (Å²) in [5.74, 6) is -1.06. The lowest BCUT2D eigenvalue weighted by atomic mass is 10.0. The highest BCUT2D eigenvalue weighted by molar-refractivity contribution is 6.09. The van der Waals surface area contributed by atoms with Crippen molar-refractivity contribution in [3.63, 3.8) is 0 Å². The highest BCUT2D eigenvalue weighted by Crippen LogP contribution is 2.18. The summed E-state index contributed by atoms with van der Waals surface area (Å²) in [5, 5.41) is 0. The van der Waals surface area contributed by atoms with Crippen molar-refractivity contribution in [2.75, 3.05) is 7.11 Å². The molecule has 5 heteroatoms. The van der Waals surface area contributed by atoms with Crippen LogP contribution in [0, 0.1) is 5.82 Å². The Morgan fingerprint density at radius 2 is 1.48 bits per heavy atom. The summed E-state index contributed by atoms with van der Waals surface area (Å²) >= 11 is 0. The molecule has 0 aliphatic carbocycles. The van der Waals surface area contributed by atoms with Gasteiger partial charge < -0.3 is 9.47 Å². The van der Waals surface area contributed by atoms with Crippen LogP contribution in [0.5, 0.6) is 5.75 Å². The minimum Gasteiger partial charge on any atom is -0.494 e. The first-order chi connectivity index (χ1) is 13.1. The molecule has 0 heterocycles. The van der Waals surface area contributed by atoms with Gasteiger partial charge >= 0.3 is 5.97 Å². The van der Waals surface area contributed by atoms with E-state index in [1.807, 2.05) is 6.07 Å². The fourth-order valence-electron chi connectivity index (χ4n) is 2.55. The van der Waals surface area contributed by atoms with Crippen LogP contribution >= 0.6 is 0 Å². The second-order valence-electron chi connectivity index (χ2n) is 5.82. The van der Waals surface area contributed by atoms with Crippen molar-refractivity contribution in [3.05, 3.63) is 101 Å². The molecule has 136 valence electrons. The second-order valence-corrected chi connectivity index (χ2v) is 5.82. The summed E-state index contributed by atoms with van der Waals surface area (Å²) in [4.78, 5) is 24.5. The van der Waals surface area contributed by atoms with Crippen molar-refractivity contribution in [3.8, 4) is 5.75 Å². The smallest absolute Gasteiger partial charge is 0.338 e. The molecule has 0 radical (unpaired) electrons. The standard InChI is InChI=1S/C22H17FO4/c1-26-20-12-7-15(13-19(20)23)14-27-22(25)18-10-8-17(9-11-18)21(24)16-5-3-2-4-6-16/h2-13H,14H2,1H3. The molecular formula is C22H17FO4. The third kappa shape index (κ3) is 4.39. The van der Waals surface area contributed by atoms with Gasteiger partial charge in [0, 0.05) is 11.1 Å². The molecular weight excluding hydrogens is 347 g/mol. The van der Waals surface area contributed by atoms with Gasteiger partial charge in [0.05, 0.1) is 12.7 Å². The van der Waals surface area contributed by atoms with Gasteiger partial charge in [-0.2, -0.15) is 0 Å². The molecule has 0 aliphatic heterocycles. The summed E-state index contributed by atoms with van der Waals surface area (Å²) in [5.41, 5.74) is 1.88. The number of ether oxygens (including phenoxy) is 2. The van der Waals surface area contributed by atoms with Crippen molar-refractivity contribution >= 4 is 11.8 Å². The Hall–Kier alpha value is -3.47. The number of esters is 1. The monoisotopic (exact) mass is 364 g/mol. The van der Waals surface area contributed by atoms with Gasteiger partial charge in [-0.25, -0.2) is 9.18 Å². The van der Waals surface area contributed by atoms with Crippen LogP contribution in [0.25, 0.3) is 0 Å². The van der Waals surface area contributed by atoms with Crippen molar-refractivity contribution in [1.82, 2.24) is 0 Å². The molecule has 0 unspecified atom stereocenters. The van der Waals surface area contributed by atoms with Gasteiger partial charge in [0.25, 0.3) is 0 Å². The minimum absolute atomic E-state index is 0.0650. The second kappa shape index (κ2) is 8.27. The molecule has 0 aliphatic rings. The van der Waals surface area contributed by atoms with Gasteiger partial charge in [-0.1, -0.05) is 48.5 Å². The van der Waals surface area contributed by atoms with Crippen LogP contribution in [0.1, 0.15) is 31.8 Å². The van der Waals surface area contributed by atoms with Gasteiger partial charge in [-0.15, -0.1) is 0 Å². The Morgan fingerprint density at radius 3 is 2.11 bits per heavy atom. The quantitative estimate of drug-likeness (QED) is 0.480. The van der Waals surface area contributed by atoms with E-state index in [1.165, 1.54) is 31.4 Å². The highest BCUT2D eigenvalue weighted by Gasteiger charge is 2.12. The zero-order valence-electron chi connectivity index (χ0n) is 14.6. The SMILES string of the molecule is COc1ccc(COC(=O)c2ccc(C(=O)c3ccccc3)cc2)cc1F. The number of carbonyl (C=O) groups is 2. The van der Waals surface area contributed by atoms with E-state index in [9.17, 15) is 14.0 Å². The van der Waals surface area contributed by atoms with Crippen LogP contribution in [-0.4, -0.2) is 18.9 Å². The maximum absolute atomic E-state index is 13.7. The summed E-state index contributed by atoms with van der Waals surface area (Å²) in [7, 11) is 1.38. The Bertz CT molecular complexity index is 950. The Labute approximate surface area is 156 Å². The van der Waals surface area contributed by atoms with E-state index >= 15 is 0 Å². The molecule has 0 amide bonds. The van der Waals surface area contributed by atoms with Gasteiger partial charge in [-0.3, -0.25) is 4.79 Å². The van der Waals surface area contributed by atoms with Gasteiger partial charge in [0.2, 0.25) is 0 Å². The minimum atomic E-state index is -0.551. The highest BCUT2D eigenvalue weighted by atomic mass is 19.1. The third-order valence-corrected chi connectivity index (χ3v) is 4.00. The van der Waals surface area contributed by atoms with E-state index in [4.69, 9.17) is 9.47 Å². The summed E-state index contributed by atoms with van der Waals surface area (Å²) in [6, 6.07) is 19.5. The van der Waals surface area contributed by atoms with Crippen molar-refractivity contribution in [2.24, 2.45) is 0 Å². The number of hydrogen-bond acceptors (Lipinski definition) is 4. The van der Waals surface area contributed by atoms with Gasteiger partial charge in [0.1, 0.15) is 6.61 Å². The largest absolute Gasteiger partial charge is 0.494 e. The number of halogens is 1. The van der Waals surface area contributed by atoms with Gasteiger partial charge in [0.15, 0.2) is 17.3 Å². The molecule has 0 saturated carbocycles.